The first-order chi connectivity index (χ1) is 21.9. The summed E-state index contributed by atoms with van der Waals surface area (Å²) in [6.45, 7) is 3.37. The maximum absolute atomic E-state index is 14.3. The predicted octanol–water partition coefficient (Wildman–Crippen LogP) is 6.18. The van der Waals surface area contributed by atoms with Gasteiger partial charge in [0.25, 0.3) is 5.91 Å². The third kappa shape index (κ3) is 5.95. The van der Waals surface area contributed by atoms with Crippen LogP contribution in [-0.4, -0.2) is 50.1 Å². The molecule has 5 aromatic rings. The molecule has 0 bridgehead atoms. The number of nitrogens with one attached hydrogen (secondary N) is 1. The van der Waals surface area contributed by atoms with Crippen molar-refractivity contribution in [3.8, 4) is 5.75 Å². The van der Waals surface area contributed by atoms with Crippen molar-refractivity contribution in [1.82, 2.24) is 10.2 Å². The highest BCUT2D eigenvalue weighted by Crippen LogP contribution is 2.33. The van der Waals surface area contributed by atoms with Crippen LogP contribution < -0.4 is 10.1 Å². The summed E-state index contributed by atoms with van der Waals surface area (Å²) in [5.41, 5.74) is 2.93. The zero-order valence-corrected chi connectivity index (χ0v) is 25.2. The third-order valence-corrected chi connectivity index (χ3v) is 7.90. The van der Waals surface area contributed by atoms with Crippen molar-refractivity contribution in [3.05, 3.63) is 131 Å². The number of fused-ring (bicyclic) bond motifs is 2. The van der Waals surface area contributed by atoms with E-state index in [2.05, 4.69) is 5.32 Å². The van der Waals surface area contributed by atoms with E-state index in [0.717, 1.165) is 27.3 Å². The van der Waals surface area contributed by atoms with E-state index < -0.39 is 23.9 Å². The Kier molecular flexibility index (Phi) is 8.20. The van der Waals surface area contributed by atoms with Crippen LogP contribution in [0.4, 0.5) is 0 Å². The number of hydrogen-bond donors (Lipinski definition) is 1. The molecule has 0 aliphatic carbocycles. The summed E-state index contributed by atoms with van der Waals surface area (Å²) in [6, 6.07) is 31.4. The van der Waals surface area contributed by atoms with Gasteiger partial charge in [0, 0.05) is 24.2 Å². The monoisotopic (exact) mass is 600 g/mol. The van der Waals surface area contributed by atoms with Crippen molar-refractivity contribution in [3.63, 3.8) is 0 Å². The van der Waals surface area contributed by atoms with Gasteiger partial charge in [0.2, 0.25) is 6.10 Å². The fourth-order valence-corrected chi connectivity index (χ4v) is 5.56. The Balaban J connectivity index is 1.47. The lowest BCUT2D eigenvalue weighted by Gasteiger charge is -2.22. The van der Waals surface area contributed by atoms with Crippen LogP contribution in [0.2, 0.25) is 0 Å². The van der Waals surface area contributed by atoms with Crippen molar-refractivity contribution in [2.45, 2.75) is 13.0 Å². The number of amides is 1. The first-order valence-corrected chi connectivity index (χ1v) is 14.6. The molecular weight excluding hydrogens is 568 g/mol. The van der Waals surface area contributed by atoms with Crippen LogP contribution in [0, 0.1) is 6.92 Å². The van der Waals surface area contributed by atoms with E-state index in [4.69, 9.17) is 14.2 Å². The van der Waals surface area contributed by atoms with Crippen molar-refractivity contribution < 1.29 is 28.6 Å². The van der Waals surface area contributed by atoms with Gasteiger partial charge in [-0.2, -0.15) is 0 Å². The van der Waals surface area contributed by atoms with E-state index in [1.54, 1.807) is 18.2 Å². The van der Waals surface area contributed by atoms with Crippen molar-refractivity contribution >= 4 is 45.1 Å². The molecule has 5 aromatic carbocycles. The highest BCUT2D eigenvalue weighted by atomic mass is 16.5. The summed E-state index contributed by atoms with van der Waals surface area (Å²) in [7, 11) is 2.79. The topological polar surface area (TPSA) is 93.9 Å². The van der Waals surface area contributed by atoms with Crippen LogP contribution in [0.3, 0.4) is 0 Å². The molecule has 8 heteroatoms. The Bertz CT molecular complexity index is 1960. The van der Waals surface area contributed by atoms with E-state index in [1.165, 1.54) is 14.2 Å². The van der Waals surface area contributed by atoms with Crippen LogP contribution in [0.5, 0.6) is 5.75 Å². The minimum atomic E-state index is -1.42. The highest BCUT2D eigenvalue weighted by Gasteiger charge is 2.34. The summed E-state index contributed by atoms with van der Waals surface area (Å²) in [4.78, 5) is 43.6. The molecule has 6 rings (SSSR count). The summed E-state index contributed by atoms with van der Waals surface area (Å²) in [5.74, 6) is -1.64. The molecule has 0 radical (unpaired) electrons. The first kappa shape index (κ1) is 29.4. The van der Waals surface area contributed by atoms with Gasteiger partial charge in [-0.15, -0.1) is 0 Å². The number of carbonyl (C=O) groups is 3. The fraction of sp³-hybridized carbons (Fsp3) is 0.162. The second-order valence-corrected chi connectivity index (χ2v) is 10.8. The van der Waals surface area contributed by atoms with Crippen LogP contribution in [0.1, 0.15) is 33.2 Å². The number of hydrogen-bond acceptors (Lipinski definition) is 7. The van der Waals surface area contributed by atoms with Gasteiger partial charge in [0.15, 0.2) is 5.70 Å². The second kappa shape index (κ2) is 12.5. The molecule has 1 heterocycles. The van der Waals surface area contributed by atoms with Crippen LogP contribution in [-0.2, 0) is 19.1 Å². The van der Waals surface area contributed by atoms with Crippen LogP contribution in [0.15, 0.2) is 109 Å². The number of aryl methyl sites for hydroxylation is 1. The largest absolute Gasteiger partial charge is 0.497 e. The average Bonchev–Trinajstić information content (AvgIpc) is 3.92. The van der Waals surface area contributed by atoms with Gasteiger partial charge in [-0.25, -0.2) is 9.59 Å². The SMILES string of the molecule is COC(=O)/C(NC(=O)C(OC(=O)c1cc(OC)cc2c(C)cccc12)c1cccc2ccccc12)=C(\c1ccccc1)N1CC1. The van der Waals surface area contributed by atoms with E-state index in [9.17, 15) is 14.4 Å². The minimum absolute atomic E-state index is 0.0325. The number of esters is 2. The number of ether oxygens (including phenoxy) is 3. The van der Waals surface area contributed by atoms with Crippen LogP contribution >= 0.6 is 0 Å². The summed E-state index contributed by atoms with van der Waals surface area (Å²) < 4.78 is 16.7. The number of methoxy groups -OCH3 is 2. The molecular formula is C37H32N2O6. The zero-order valence-electron chi connectivity index (χ0n) is 25.2. The Morgan fingerprint density at radius 1 is 0.778 bits per heavy atom. The Morgan fingerprint density at radius 3 is 2.20 bits per heavy atom. The van der Waals surface area contributed by atoms with E-state index in [0.29, 0.717) is 35.5 Å². The van der Waals surface area contributed by atoms with Gasteiger partial charge in [-0.3, -0.25) is 4.79 Å². The Morgan fingerprint density at radius 2 is 1.47 bits per heavy atom. The van der Waals surface area contributed by atoms with Gasteiger partial charge in [0.1, 0.15) is 5.75 Å². The summed E-state index contributed by atoms with van der Waals surface area (Å²) in [6.07, 6.45) is -1.42. The standard InChI is InChI=1S/C37H32N2O6/c1-23-11-9-17-28-30(23)21-26(43-2)22-31(28)36(41)45-34(29-18-10-15-24-12-7-8-16-27(24)29)35(40)38-32(37(42)44-3)33(39-19-20-39)25-13-5-4-6-14-25/h4-18,21-22,34H,19-20H2,1-3H3,(H,38,40)/b33-32-. The van der Waals surface area contributed by atoms with Crippen molar-refractivity contribution in [2.24, 2.45) is 0 Å². The Labute approximate surface area is 260 Å². The van der Waals surface area contributed by atoms with Gasteiger partial charge < -0.3 is 24.4 Å². The highest BCUT2D eigenvalue weighted by molar-refractivity contribution is 6.08. The molecule has 1 unspecified atom stereocenters. The smallest absolute Gasteiger partial charge is 0.356 e. The molecule has 8 nitrogen and oxygen atoms in total. The van der Waals surface area contributed by atoms with E-state index in [1.807, 2.05) is 96.8 Å². The maximum Gasteiger partial charge on any atom is 0.356 e. The lowest BCUT2D eigenvalue weighted by molar-refractivity contribution is -0.139. The third-order valence-electron chi connectivity index (χ3n) is 7.90. The molecule has 1 saturated heterocycles. The summed E-state index contributed by atoms with van der Waals surface area (Å²) >= 11 is 0. The second-order valence-electron chi connectivity index (χ2n) is 10.8. The lowest BCUT2D eigenvalue weighted by atomic mass is 9.98. The maximum atomic E-state index is 14.3. The van der Waals surface area contributed by atoms with Gasteiger partial charge >= 0.3 is 11.9 Å². The van der Waals surface area contributed by atoms with E-state index >= 15 is 0 Å². The molecule has 226 valence electrons. The summed E-state index contributed by atoms with van der Waals surface area (Å²) in [5, 5.41) is 5.90. The molecule has 1 amide bonds. The normalized spacial score (nSPS) is 13.5. The van der Waals surface area contributed by atoms with Gasteiger partial charge in [0.05, 0.1) is 25.5 Å². The molecule has 1 fully saturated rings. The van der Waals surface area contributed by atoms with Gasteiger partial charge in [-0.1, -0.05) is 91.0 Å². The molecule has 0 aromatic heterocycles. The molecule has 1 N–H and O–H groups in total. The zero-order chi connectivity index (χ0) is 31.5. The molecule has 0 saturated carbocycles. The Hall–Kier alpha value is -5.63. The molecule has 45 heavy (non-hydrogen) atoms. The average molecular weight is 601 g/mol. The van der Waals surface area contributed by atoms with Crippen LogP contribution in [0.25, 0.3) is 27.2 Å². The minimum Gasteiger partial charge on any atom is -0.497 e. The predicted molar refractivity (Wildman–Crippen MR) is 172 cm³/mol. The number of rotatable bonds is 9. The molecule has 1 aliphatic heterocycles. The van der Waals surface area contributed by atoms with Gasteiger partial charge in [-0.05, 0) is 46.2 Å². The molecule has 1 aliphatic rings. The number of benzene rings is 5. The fourth-order valence-electron chi connectivity index (χ4n) is 5.56. The lowest BCUT2D eigenvalue weighted by Crippen LogP contribution is -2.36. The first-order valence-electron chi connectivity index (χ1n) is 14.6. The molecule has 0 spiro atoms. The van der Waals surface area contributed by atoms with Crippen molar-refractivity contribution in [2.75, 3.05) is 27.3 Å². The molecule has 1 atom stereocenters. The quantitative estimate of drug-likeness (QED) is 0.123. The van der Waals surface area contributed by atoms with E-state index in [-0.39, 0.29) is 11.3 Å². The number of carbonyl (C=O) groups excluding carboxylic acids is 3. The number of nitrogens with zero attached hydrogens (tertiary/aromatic N) is 1. The van der Waals surface area contributed by atoms with Crippen molar-refractivity contribution in [1.29, 1.82) is 0 Å².